The van der Waals surface area contributed by atoms with Gasteiger partial charge in [0.05, 0.1) is 10.6 Å². The molecule has 7 nitrogen and oxygen atoms in total. The van der Waals surface area contributed by atoms with Crippen molar-refractivity contribution >= 4 is 34.1 Å². The maximum Gasteiger partial charge on any atom is 0.269 e. The summed E-state index contributed by atoms with van der Waals surface area (Å²) in [5.41, 5.74) is 3.35. The predicted octanol–water partition coefficient (Wildman–Crippen LogP) is 5.95. The van der Waals surface area contributed by atoms with Crippen molar-refractivity contribution in [3.63, 3.8) is 0 Å². The fraction of sp³-hybridized carbons (Fsp3) is 0.0400. The Morgan fingerprint density at radius 3 is 2.45 bits per heavy atom. The van der Waals surface area contributed by atoms with E-state index in [2.05, 4.69) is 10.3 Å². The number of nitrogens with zero attached hydrogens (tertiary/aromatic N) is 2. The van der Waals surface area contributed by atoms with Crippen molar-refractivity contribution in [3.05, 3.63) is 112 Å². The summed E-state index contributed by atoms with van der Waals surface area (Å²) in [6.07, 6.45) is 3.15. The van der Waals surface area contributed by atoms with E-state index in [1.54, 1.807) is 23.6 Å². The second-order valence-corrected chi connectivity index (χ2v) is 7.87. The molecule has 1 aromatic heterocycles. The number of carbonyl (C=O) groups excluding carboxylic acids is 1. The third kappa shape index (κ3) is 6.11. The van der Waals surface area contributed by atoms with Crippen LogP contribution in [-0.4, -0.2) is 15.8 Å². The van der Waals surface area contributed by atoms with Gasteiger partial charge in [0.2, 0.25) is 5.91 Å². The number of nitrogens with one attached hydrogen (secondary N) is 1. The average Bonchev–Trinajstić information content (AvgIpc) is 3.31. The van der Waals surface area contributed by atoms with Crippen molar-refractivity contribution < 1.29 is 14.5 Å². The molecule has 0 aliphatic heterocycles. The third-order valence-electron chi connectivity index (χ3n) is 4.66. The second-order valence-electron chi connectivity index (χ2n) is 7.01. The van der Waals surface area contributed by atoms with E-state index in [0.717, 1.165) is 22.4 Å². The van der Waals surface area contributed by atoms with Crippen LogP contribution in [0.25, 0.3) is 17.3 Å². The summed E-state index contributed by atoms with van der Waals surface area (Å²) >= 11 is 1.28. The molecule has 0 saturated heterocycles. The molecule has 0 aliphatic carbocycles. The lowest BCUT2D eigenvalue weighted by Crippen LogP contribution is -2.07. The molecular weight excluding hydrogens is 438 g/mol. The number of anilines is 1. The first-order valence-corrected chi connectivity index (χ1v) is 10.9. The Morgan fingerprint density at radius 1 is 1.03 bits per heavy atom. The maximum absolute atomic E-state index is 12.2. The lowest BCUT2D eigenvalue weighted by Gasteiger charge is -2.06. The number of thiazole rings is 1. The molecule has 0 aliphatic rings. The second kappa shape index (κ2) is 10.3. The van der Waals surface area contributed by atoms with Gasteiger partial charge in [-0.3, -0.25) is 20.2 Å². The van der Waals surface area contributed by atoms with Crippen molar-refractivity contribution in [1.82, 2.24) is 4.98 Å². The van der Waals surface area contributed by atoms with Gasteiger partial charge in [0.25, 0.3) is 5.69 Å². The van der Waals surface area contributed by atoms with Crippen molar-refractivity contribution in [1.29, 1.82) is 0 Å². The molecule has 0 spiro atoms. The number of hydrogen-bond acceptors (Lipinski definition) is 6. The Hall–Kier alpha value is -4.30. The van der Waals surface area contributed by atoms with Crippen LogP contribution in [0.5, 0.6) is 5.75 Å². The first-order chi connectivity index (χ1) is 16.1. The quantitative estimate of drug-likeness (QED) is 0.200. The van der Waals surface area contributed by atoms with Crippen LogP contribution >= 0.6 is 11.3 Å². The number of carbonyl (C=O) groups is 1. The van der Waals surface area contributed by atoms with E-state index in [-0.39, 0.29) is 11.6 Å². The smallest absolute Gasteiger partial charge is 0.269 e. The van der Waals surface area contributed by atoms with Gasteiger partial charge in [-0.05, 0) is 41.5 Å². The van der Waals surface area contributed by atoms with Gasteiger partial charge in [0.15, 0.2) is 5.13 Å². The van der Waals surface area contributed by atoms with Gasteiger partial charge in [-0.25, -0.2) is 4.98 Å². The summed E-state index contributed by atoms with van der Waals surface area (Å²) in [4.78, 5) is 26.9. The number of rotatable bonds is 8. The molecule has 0 atom stereocenters. The number of amides is 1. The van der Waals surface area contributed by atoms with E-state index in [4.69, 9.17) is 4.74 Å². The average molecular weight is 458 g/mol. The molecule has 1 heterocycles. The third-order valence-corrected chi connectivity index (χ3v) is 5.42. The summed E-state index contributed by atoms with van der Waals surface area (Å²) in [5.74, 6) is 0.450. The molecule has 8 heteroatoms. The Balaban J connectivity index is 1.30. The molecule has 164 valence electrons. The highest BCUT2D eigenvalue weighted by Gasteiger charge is 2.09. The summed E-state index contributed by atoms with van der Waals surface area (Å²) in [6, 6.07) is 23.5. The zero-order chi connectivity index (χ0) is 23.0. The van der Waals surface area contributed by atoms with Crippen LogP contribution in [0.2, 0.25) is 0 Å². The van der Waals surface area contributed by atoms with E-state index in [1.165, 1.54) is 29.5 Å². The van der Waals surface area contributed by atoms with Gasteiger partial charge in [0.1, 0.15) is 12.4 Å². The number of non-ortho nitro benzene ring substituents is 1. The number of hydrogen-bond donors (Lipinski definition) is 1. The number of ether oxygens (including phenoxy) is 1. The topological polar surface area (TPSA) is 94.4 Å². The van der Waals surface area contributed by atoms with E-state index in [1.807, 2.05) is 54.6 Å². The summed E-state index contributed by atoms with van der Waals surface area (Å²) in [7, 11) is 0. The van der Waals surface area contributed by atoms with Gasteiger partial charge in [-0.1, -0.05) is 42.5 Å². The van der Waals surface area contributed by atoms with Crippen LogP contribution in [0.1, 0.15) is 11.1 Å². The van der Waals surface area contributed by atoms with Crippen molar-refractivity contribution in [2.75, 3.05) is 5.32 Å². The van der Waals surface area contributed by atoms with E-state index >= 15 is 0 Å². The van der Waals surface area contributed by atoms with Gasteiger partial charge in [0, 0.05) is 29.2 Å². The molecule has 4 aromatic rings. The van der Waals surface area contributed by atoms with Gasteiger partial charge < -0.3 is 4.74 Å². The molecule has 0 radical (unpaired) electrons. The molecular formula is C25H19N3O4S. The van der Waals surface area contributed by atoms with Crippen molar-refractivity contribution in [3.8, 4) is 17.0 Å². The monoisotopic (exact) mass is 457 g/mol. The van der Waals surface area contributed by atoms with Gasteiger partial charge in [-0.2, -0.15) is 0 Å². The number of benzene rings is 3. The fourth-order valence-electron chi connectivity index (χ4n) is 2.95. The number of aromatic nitrogens is 1. The fourth-order valence-corrected chi connectivity index (χ4v) is 3.68. The van der Waals surface area contributed by atoms with Crippen LogP contribution in [0.4, 0.5) is 10.8 Å². The van der Waals surface area contributed by atoms with Crippen molar-refractivity contribution in [2.45, 2.75) is 6.61 Å². The highest BCUT2D eigenvalue weighted by atomic mass is 32.1. The zero-order valence-corrected chi connectivity index (χ0v) is 18.2. The molecule has 0 saturated carbocycles. The molecule has 0 unspecified atom stereocenters. The standard InChI is InChI=1S/C25H19N3O4S/c29-24(27-25-26-23(17-33-25)20-9-11-21(12-10-20)28(30)31)15-8-18-6-13-22(14-7-18)32-16-19-4-2-1-3-5-19/h1-15,17H,16H2,(H,26,27,29). The van der Waals surface area contributed by atoms with Crippen LogP contribution in [0, 0.1) is 10.1 Å². The van der Waals surface area contributed by atoms with Gasteiger partial charge in [-0.15, -0.1) is 11.3 Å². The first-order valence-electron chi connectivity index (χ1n) is 10.0. The van der Waals surface area contributed by atoms with E-state index < -0.39 is 4.92 Å². The predicted molar refractivity (Wildman–Crippen MR) is 129 cm³/mol. The minimum atomic E-state index is -0.450. The molecule has 3 aromatic carbocycles. The molecule has 0 fully saturated rings. The van der Waals surface area contributed by atoms with Gasteiger partial charge >= 0.3 is 0 Å². The molecule has 33 heavy (non-hydrogen) atoms. The van der Waals surface area contributed by atoms with Crippen molar-refractivity contribution in [2.24, 2.45) is 0 Å². The highest BCUT2D eigenvalue weighted by Crippen LogP contribution is 2.26. The minimum absolute atomic E-state index is 0.0171. The normalized spacial score (nSPS) is 10.8. The summed E-state index contributed by atoms with van der Waals surface area (Å²) in [5, 5.41) is 15.7. The number of nitro benzene ring substituents is 1. The largest absolute Gasteiger partial charge is 0.489 e. The Kier molecular flexibility index (Phi) is 6.87. The minimum Gasteiger partial charge on any atom is -0.489 e. The lowest BCUT2D eigenvalue weighted by atomic mass is 10.1. The SMILES string of the molecule is O=C(C=Cc1ccc(OCc2ccccc2)cc1)Nc1nc(-c2ccc([N+](=O)[O-])cc2)cs1. The van der Waals surface area contributed by atoms with Crippen LogP contribution in [-0.2, 0) is 11.4 Å². The van der Waals surface area contributed by atoms with Crippen LogP contribution in [0.15, 0.2) is 90.3 Å². The van der Waals surface area contributed by atoms with E-state index in [9.17, 15) is 14.9 Å². The molecule has 1 amide bonds. The molecule has 0 bridgehead atoms. The summed E-state index contributed by atoms with van der Waals surface area (Å²) < 4.78 is 5.77. The molecule has 1 N–H and O–H groups in total. The maximum atomic E-state index is 12.2. The zero-order valence-electron chi connectivity index (χ0n) is 17.4. The number of nitro groups is 1. The van der Waals surface area contributed by atoms with E-state index in [0.29, 0.717) is 17.4 Å². The Bertz CT molecular complexity index is 1270. The molecule has 4 rings (SSSR count). The van der Waals surface area contributed by atoms with Crippen LogP contribution < -0.4 is 10.1 Å². The highest BCUT2D eigenvalue weighted by molar-refractivity contribution is 7.14. The lowest BCUT2D eigenvalue weighted by molar-refractivity contribution is -0.384. The first kappa shape index (κ1) is 21.9. The Morgan fingerprint density at radius 2 is 1.76 bits per heavy atom. The summed E-state index contributed by atoms with van der Waals surface area (Å²) in [6.45, 7) is 0.494. The Labute approximate surface area is 194 Å². The van der Waals surface area contributed by atoms with Crippen LogP contribution in [0.3, 0.4) is 0 Å².